The Balaban J connectivity index is 2.81. The molecule has 1 aromatic carbocycles. The first-order valence-corrected chi connectivity index (χ1v) is 7.92. The summed E-state index contributed by atoms with van der Waals surface area (Å²) in [7, 11) is -3.65. The molecule has 4 N–H and O–H groups in total. The number of halogens is 1. The van der Waals surface area contributed by atoms with E-state index in [1.165, 1.54) is 18.2 Å². The average molecular weight is 307 g/mol. The Bertz CT molecular complexity index is 520. The third kappa shape index (κ3) is 4.65. The molecule has 1 atom stereocenters. The molecule has 0 aliphatic heterocycles. The Morgan fingerprint density at radius 1 is 1.47 bits per heavy atom. The van der Waals surface area contributed by atoms with Crippen LogP contribution in [0.25, 0.3) is 0 Å². The maximum absolute atomic E-state index is 12.1. The number of sulfonamides is 1. The highest BCUT2D eigenvalue weighted by Gasteiger charge is 2.19. The second-order valence-corrected chi connectivity index (χ2v) is 6.47. The van der Waals surface area contributed by atoms with E-state index in [-0.39, 0.29) is 29.0 Å². The van der Waals surface area contributed by atoms with Gasteiger partial charge in [-0.15, -0.1) is 0 Å². The summed E-state index contributed by atoms with van der Waals surface area (Å²) >= 11 is 5.89. The van der Waals surface area contributed by atoms with Crippen molar-refractivity contribution < 1.29 is 13.5 Å². The summed E-state index contributed by atoms with van der Waals surface area (Å²) < 4.78 is 26.7. The molecule has 1 aromatic rings. The maximum atomic E-state index is 12.1. The van der Waals surface area contributed by atoms with Gasteiger partial charge in [-0.3, -0.25) is 0 Å². The third-order valence-corrected chi connectivity index (χ3v) is 4.83. The molecule has 0 saturated carbocycles. The van der Waals surface area contributed by atoms with E-state index in [1.54, 1.807) is 0 Å². The summed E-state index contributed by atoms with van der Waals surface area (Å²) in [6.45, 7) is 2.27. The molecule has 0 radical (unpaired) electrons. The molecule has 0 aliphatic rings. The molecule has 1 rings (SSSR count). The predicted molar refractivity (Wildman–Crippen MR) is 76.5 cm³/mol. The molecule has 0 aromatic heterocycles. The molecule has 108 valence electrons. The molecule has 0 amide bonds. The largest absolute Gasteiger partial charge is 0.399 e. The standard InChI is InChI=1S/C12H19ClN2O3S/c1-2-9(5-6-16)8-15-19(17,18)12-4-3-10(14)7-11(12)13/h3-4,7,9,15-16H,2,5-6,8,14H2,1H3. The van der Waals surface area contributed by atoms with Crippen molar-refractivity contribution in [2.24, 2.45) is 5.92 Å². The second-order valence-electron chi connectivity index (χ2n) is 4.33. The van der Waals surface area contributed by atoms with Gasteiger partial charge in [0, 0.05) is 18.8 Å². The number of nitrogen functional groups attached to an aromatic ring is 1. The first-order chi connectivity index (χ1) is 8.90. The summed E-state index contributed by atoms with van der Waals surface area (Å²) in [6, 6.07) is 4.28. The minimum atomic E-state index is -3.65. The van der Waals surface area contributed by atoms with Gasteiger partial charge in [-0.2, -0.15) is 0 Å². The fourth-order valence-corrected chi connectivity index (χ4v) is 3.34. The van der Waals surface area contributed by atoms with Crippen molar-refractivity contribution in [2.75, 3.05) is 18.9 Å². The van der Waals surface area contributed by atoms with Crippen molar-refractivity contribution >= 4 is 27.3 Å². The quantitative estimate of drug-likeness (QED) is 0.667. The van der Waals surface area contributed by atoms with Crippen LogP contribution in [0.5, 0.6) is 0 Å². The van der Waals surface area contributed by atoms with E-state index in [9.17, 15) is 8.42 Å². The zero-order chi connectivity index (χ0) is 14.5. The fraction of sp³-hybridized carbons (Fsp3) is 0.500. The highest BCUT2D eigenvalue weighted by atomic mass is 35.5. The van der Waals surface area contributed by atoms with Crippen LogP contribution < -0.4 is 10.5 Å². The second kappa shape index (κ2) is 7.09. The van der Waals surface area contributed by atoms with Crippen LogP contribution in [0, 0.1) is 5.92 Å². The van der Waals surface area contributed by atoms with Crippen LogP contribution in [0.2, 0.25) is 5.02 Å². The Labute approximate surface area is 118 Å². The van der Waals surface area contributed by atoms with Crippen LogP contribution in [0.3, 0.4) is 0 Å². The van der Waals surface area contributed by atoms with E-state index in [0.29, 0.717) is 12.1 Å². The van der Waals surface area contributed by atoms with Gasteiger partial charge >= 0.3 is 0 Å². The summed E-state index contributed by atoms with van der Waals surface area (Å²) in [5, 5.41) is 8.98. The summed E-state index contributed by atoms with van der Waals surface area (Å²) in [5.74, 6) is 0.104. The Hall–Kier alpha value is -0.820. The number of anilines is 1. The number of aliphatic hydroxyl groups excluding tert-OH is 1. The molecule has 0 fully saturated rings. The minimum Gasteiger partial charge on any atom is -0.399 e. The smallest absolute Gasteiger partial charge is 0.242 e. The van der Waals surface area contributed by atoms with E-state index in [2.05, 4.69) is 4.72 Å². The van der Waals surface area contributed by atoms with Crippen molar-refractivity contribution in [2.45, 2.75) is 24.7 Å². The van der Waals surface area contributed by atoms with Gasteiger partial charge in [0.2, 0.25) is 10.0 Å². The topological polar surface area (TPSA) is 92.4 Å². The molecule has 5 nitrogen and oxygen atoms in total. The first-order valence-electron chi connectivity index (χ1n) is 6.06. The predicted octanol–water partition coefficient (Wildman–Crippen LogP) is 1.61. The van der Waals surface area contributed by atoms with Gasteiger partial charge in [0.05, 0.1) is 5.02 Å². The van der Waals surface area contributed by atoms with E-state index >= 15 is 0 Å². The lowest BCUT2D eigenvalue weighted by molar-refractivity contribution is 0.254. The summed E-state index contributed by atoms with van der Waals surface area (Å²) in [4.78, 5) is 0.0159. The SMILES string of the molecule is CCC(CCO)CNS(=O)(=O)c1ccc(N)cc1Cl. The molecule has 0 bridgehead atoms. The summed E-state index contributed by atoms with van der Waals surface area (Å²) in [5.41, 5.74) is 5.94. The van der Waals surface area contributed by atoms with Crippen LogP contribution in [0.15, 0.2) is 23.1 Å². The highest BCUT2D eigenvalue weighted by molar-refractivity contribution is 7.89. The number of aliphatic hydroxyl groups is 1. The Morgan fingerprint density at radius 2 is 2.16 bits per heavy atom. The highest BCUT2D eigenvalue weighted by Crippen LogP contribution is 2.23. The number of rotatable bonds is 7. The van der Waals surface area contributed by atoms with Crippen molar-refractivity contribution in [3.05, 3.63) is 23.2 Å². The molecular weight excluding hydrogens is 288 g/mol. The molecule has 7 heteroatoms. The zero-order valence-corrected chi connectivity index (χ0v) is 12.3. The Morgan fingerprint density at radius 3 is 2.68 bits per heavy atom. The number of nitrogens with one attached hydrogen (secondary N) is 1. The van der Waals surface area contributed by atoms with Crippen molar-refractivity contribution in [1.82, 2.24) is 4.72 Å². The Kier molecular flexibility index (Phi) is 6.06. The van der Waals surface area contributed by atoms with Gasteiger partial charge < -0.3 is 10.8 Å². The van der Waals surface area contributed by atoms with Gasteiger partial charge in [-0.25, -0.2) is 13.1 Å². The van der Waals surface area contributed by atoms with Gasteiger partial charge in [0.1, 0.15) is 4.90 Å². The molecule has 1 unspecified atom stereocenters. The number of hydrogen-bond acceptors (Lipinski definition) is 4. The molecule has 0 aliphatic carbocycles. The zero-order valence-electron chi connectivity index (χ0n) is 10.8. The van der Waals surface area contributed by atoms with E-state index in [0.717, 1.165) is 6.42 Å². The van der Waals surface area contributed by atoms with Gasteiger partial charge in [-0.05, 0) is 30.5 Å². The van der Waals surface area contributed by atoms with E-state index in [4.69, 9.17) is 22.4 Å². The summed E-state index contributed by atoms with van der Waals surface area (Å²) in [6.07, 6.45) is 1.35. The van der Waals surface area contributed by atoms with Crippen molar-refractivity contribution in [3.8, 4) is 0 Å². The van der Waals surface area contributed by atoms with Crippen molar-refractivity contribution in [3.63, 3.8) is 0 Å². The number of benzene rings is 1. The van der Waals surface area contributed by atoms with Gasteiger partial charge in [-0.1, -0.05) is 24.9 Å². The van der Waals surface area contributed by atoms with E-state index < -0.39 is 10.0 Å². The third-order valence-electron chi connectivity index (χ3n) is 2.92. The molecule has 0 heterocycles. The number of nitrogens with two attached hydrogens (primary N) is 1. The van der Waals surface area contributed by atoms with Gasteiger partial charge in [0.25, 0.3) is 0 Å². The first kappa shape index (κ1) is 16.2. The average Bonchev–Trinajstić information content (AvgIpc) is 2.34. The lowest BCUT2D eigenvalue weighted by Gasteiger charge is -2.15. The maximum Gasteiger partial charge on any atom is 0.242 e. The van der Waals surface area contributed by atoms with Crippen LogP contribution in [0.4, 0.5) is 5.69 Å². The van der Waals surface area contributed by atoms with Crippen LogP contribution in [0.1, 0.15) is 19.8 Å². The van der Waals surface area contributed by atoms with Crippen molar-refractivity contribution in [1.29, 1.82) is 0 Å². The monoisotopic (exact) mass is 306 g/mol. The molecular formula is C12H19ClN2O3S. The minimum absolute atomic E-state index is 0.0159. The number of hydrogen-bond donors (Lipinski definition) is 3. The van der Waals surface area contributed by atoms with Crippen LogP contribution >= 0.6 is 11.6 Å². The fourth-order valence-electron chi connectivity index (χ4n) is 1.67. The van der Waals surface area contributed by atoms with E-state index in [1.807, 2.05) is 6.92 Å². The molecule has 19 heavy (non-hydrogen) atoms. The van der Waals surface area contributed by atoms with Gasteiger partial charge in [0.15, 0.2) is 0 Å². The normalized spacial score (nSPS) is 13.4. The van der Waals surface area contributed by atoms with Crippen LogP contribution in [-0.4, -0.2) is 26.7 Å². The molecule has 0 spiro atoms. The lowest BCUT2D eigenvalue weighted by atomic mass is 10.0. The lowest BCUT2D eigenvalue weighted by Crippen LogP contribution is -2.29. The van der Waals surface area contributed by atoms with Crippen LogP contribution in [-0.2, 0) is 10.0 Å². The molecule has 0 saturated heterocycles.